The van der Waals surface area contributed by atoms with Crippen molar-refractivity contribution in [1.82, 2.24) is 4.90 Å². The molecule has 2 aromatic carbocycles. The number of nitrogens with zero attached hydrogens (tertiary/aromatic N) is 2. The van der Waals surface area contributed by atoms with E-state index < -0.39 is 24.1 Å². The molecule has 0 spiro atoms. The van der Waals surface area contributed by atoms with Crippen molar-refractivity contribution >= 4 is 17.7 Å². The largest absolute Gasteiger partial charge is 0.573 e. The summed E-state index contributed by atoms with van der Waals surface area (Å²) in [5.41, 5.74) is 0.895. The third-order valence-electron chi connectivity index (χ3n) is 5.02. The smallest absolute Gasteiger partial charge is 0.465 e. The van der Waals surface area contributed by atoms with Crippen molar-refractivity contribution in [2.24, 2.45) is 0 Å². The Balaban J connectivity index is 1.97. The van der Waals surface area contributed by atoms with Crippen molar-refractivity contribution < 1.29 is 37.0 Å². The molecule has 10 heteroatoms. The van der Waals surface area contributed by atoms with Crippen molar-refractivity contribution in [3.05, 3.63) is 59.7 Å². The van der Waals surface area contributed by atoms with E-state index in [4.69, 9.17) is 4.74 Å². The minimum absolute atomic E-state index is 0.0244. The molecule has 1 saturated heterocycles. The molecular weight excluding hydrogens is 441 g/mol. The Morgan fingerprint density at radius 3 is 2.24 bits per heavy atom. The third-order valence-corrected chi connectivity index (χ3v) is 5.02. The van der Waals surface area contributed by atoms with Crippen LogP contribution >= 0.6 is 0 Å². The predicted octanol–water partition coefficient (Wildman–Crippen LogP) is 4.61. The van der Waals surface area contributed by atoms with Gasteiger partial charge in [0.25, 0.3) is 0 Å². The number of carbonyl (C=O) groups is 2. The summed E-state index contributed by atoms with van der Waals surface area (Å²) in [5, 5.41) is 0. The van der Waals surface area contributed by atoms with Crippen LogP contribution in [-0.4, -0.2) is 55.7 Å². The van der Waals surface area contributed by atoms with Crippen molar-refractivity contribution in [2.75, 3.05) is 25.1 Å². The molecule has 33 heavy (non-hydrogen) atoms. The van der Waals surface area contributed by atoms with Crippen molar-refractivity contribution in [2.45, 2.75) is 39.0 Å². The number of carbonyl (C=O) groups excluding carboxylic acids is 2. The van der Waals surface area contributed by atoms with Crippen LogP contribution in [0.1, 0.15) is 29.8 Å². The molecule has 1 aliphatic rings. The average molecular weight is 466 g/mol. The third kappa shape index (κ3) is 6.38. The molecular formula is C23H25F3N2O5. The molecule has 178 valence electrons. The first-order chi connectivity index (χ1) is 15.6. The van der Waals surface area contributed by atoms with Gasteiger partial charge in [-0.2, -0.15) is 0 Å². The first kappa shape index (κ1) is 24.4. The fourth-order valence-corrected chi connectivity index (χ4v) is 3.70. The summed E-state index contributed by atoms with van der Waals surface area (Å²) >= 11 is 0. The van der Waals surface area contributed by atoms with Crippen LogP contribution in [0.2, 0.25) is 0 Å². The predicted molar refractivity (Wildman–Crippen MR) is 114 cm³/mol. The molecule has 2 amide bonds. The summed E-state index contributed by atoms with van der Waals surface area (Å²) in [6.07, 6.45) is -5.37. The summed E-state index contributed by atoms with van der Waals surface area (Å²) < 4.78 is 53.6. The highest BCUT2D eigenvalue weighted by Gasteiger charge is 2.35. The highest BCUT2D eigenvalue weighted by molar-refractivity contribution is 5.94. The summed E-state index contributed by atoms with van der Waals surface area (Å²) in [6.45, 7) is 4.20. The van der Waals surface area contributed by atoms with E-state index in [-0.39, 0.29) is 24.4 Å². The molecule has 1 heterocycles. The molecule has 1 fully saturated rings. The van der Waals surface area contributed by atoms with Gasteiger partial charge >= 0.3 is 18.4 Å². The van der Waals surface area contributed by atoms with E-state index in [0.717, 1.165) is 6.07 Å². The molecule has 0 bridgehead atoms. The van der Waals surface area contributed by atoms with Crippen LogP contribution in [0.25, 0.3) is 0 Å². The molecule has 3 rings (SSSR count). The van der Waals surface area contributed by atoms with E-state index in [2.05, 4.69) is 9.47 Å². The summed E-state index contributed by atoms with van der Waals surface area (Å²) in [6, 6.07) is 11.3. The van der Waals surface area contributed by atoms with Gasteiger partial charge in [0.2, 0.25) is 0 Å². The number of hydrogen-bond acceptors (Lipinski definition) is 5. The van der Waals surface area contributed by atoms with Crippen LogP contribution in [-0.2, 0) is 16.0 Å². The monoisotopic (exact) mass is 466 g/mol. The summed E-state index contributed by atoms with van der Waals surface area (Å²) in [4.78, 5) is 28.0. The number of methoxy groups -OCH3 is 1. The van der Waals surface area contributed by atoms with Gasteiger partial charge in [0.05, 0.1) is 37.1 Å². The van der Waals surface area contributed by atoms with Crippen LogP contribution < -0.4 is 9.64 Å². The van der Waals surface area contributed by atoms with Crippen LogP contribution in [0.3, 0.4) is 0 Å². The van der Waals surface area contributed by atoms with E-state index in [1.165, 1.54) is 42.3 Å². The van der Waals surface area contributed by atoms with E-state index in [9.17, 15) is 22.8 Å². The lowest BCUT2D eigenvalue weighted by molar-refractivity contribution is -0.274. The molecule has 7 nitrogen and oxygen atoms in total. The van der Waals surface area contributed by atoms with E-state index in [1.54, 1.807) is 17.0 Å². The number of urea groups is 1. The van der Waals surface area contributed by atoms with Gasteiger partial charge in [0, 0.05) is 13.1 Å². The lowest BCUT2D eigenvalue weighted by Gasteiger charge is -2.38. The quantitative estimate of drug-likeness (QED) is 0.602. The van der Waals surface area contributed by atoms with Gasteiger partial charge in [-0.15, -0.1) is 13.2 Å². The Morgan fingerprint density at radius 1 is 1.06 bits per heavy atom. The second-order valence-corrected chi connectivity index (χ2v) is 7.74. The van der Waals surface area contributed by atoms with Crippen molar-refractivity contribution in [1.29, 1.82) is 0 Å². The molecule has 0 aromatic heterocycles. The lowest BCUT2D eigenvalue weighted by atomic mass is 10.1. The first-order valence-corrected chi connectivity index (χ1v) is 10.3. The van der Waals surface area contributed by atoms with Crippen LogP contribution in [0, 0.1) is 0 Å². The number of morpholine rings is 1. The van der Waals surface area contributed by atoms with Gasteiger partial charge in [-0.05, 0) is 43.7 Å². The topological polar surface area (TPSA) is 68.3 Å². The number of esters is 1. The zero-order valence-corrected chi connectivity index (χ0v) is 18.5. The maximum absolute atomic E-state index is 13.5. The zero-order valence-electron chi connectivity index (χ0n) is 18.5. The van der Waals surface area contributed by atoms with E-state index >= 15 is 0 Å². The normalized spacial score (nSPS) is 18.5. The summed E-state index contributed by atoms with van der Waals surface area (Å²) in [7, 11) is 1.26. The number of ether oxygens (including phenoxy) is 3. The zero-order chi connectivity index (χ0) is 24.2. The van der Waals surface area contributed by atoms with Gasteiger partial charge in [0.1, 0.15) is 0 Å². The number of amides is 2. The molecule has 2 unspecified atom stereocenters. The highest BCUT2D eigenvalue weighted by atomic mass is 19.4. The van der Waals surface area contributed by atoms with E-state index in [0.29, 0.717) is 24.2 Å². The minimum Gasteiger partial charge on any atom is -0.465 e. The van der Waals surface area contributed by atoms with Gasteiger partial charge < -0.3 is 19.1 Å². The Kier molecular flexibility index (Phi) is 7.47. The maximum atomic E-state index is 13.5. The molecule has 0 N–H and O–H groups in total. The molecule has 0 aliphatic carbocycles. The van der Waals surface area contributed by atoms with Gasteiger partial charge in [-0.1, -0.05) is 24.3 Å². The SMILES string of the molecule is COC(=O)c1ccc(CN(C(=O)N2CC(C)OC(C)C2)c2ccccc2OC(F)(F)F)cc1. The van der Waals surface area contributed by atoms with Crippen molar-refractivity contribution in [3.8, 4) is 5.75 Å². The number of halogens is 3. The fourth-order valence-electron chi connectivity index (χ4n) is 3.70. The number of para-hydroxylation sites is 2. The van der Waals surface area contributed by atoms with Gasteiger partial charge in [-0.25, -0.2) is 9.59 Å². The first-order valence-electron chi connectivity index (χ1n) is 10.3. The minimum atomic E-state index is -4.92. The van der Waals surface area contributed by atoms with Crippen LogP contribution in [0.5, 0.6) is 5.75 Å². The lowest BCUT2D eigenvalue weighted by Crippen LogP contribution is -2.53. The van der Waals surface area contributed by atoms with Crippen LogP contribution in [0.15, 0.2) is 48.5 Å². The Morgan fingerprint density at radius 2 is 1.67 bits per heavy atom. The van der Waals surface area contributed by atoms with Crippen LogP contribution in [0.4, 0.5) is 23.7 Å². The number of alkyl halides is 3. The molecule has 0 saturated carbocycles. The number of hydrogen-bond donors (Lipinski definition) is 0. The number of anilines is 1. The molecule has 2 atom stereocenters. The number of benzene rings is 2. The molecule has 1 aliphatic heterocycles. The standard InChI is InChI=1S/C23H25F3N2O5/c1-15-12-27(13-16(2)32-15)22(30)28(14-17-8-10-18(11-9-17)21(29)31-3)19-6-4-5-7-20(19)33-23(24,25)26/h4-11,15-16H,12-14H2,1-3H3. The maximum Gasteiger partial charge on any atom is 0.573 e. The second kappa shape index (κ2) is 10.1. The van der Waals surface area contributed by atoms with Crippen molar-refractivity contribution in [3.63, 3.8) is 0 Å². The van der Waals surface area contributed by atoms with Gasteiger partial charge in [0.15, 0.2) is 5.75 Å². The fraction of sp³-hybridized carbons (Fsp3) is 0.391. The molecule has 2 aromatic rings. The average Bonchev–Trinajstić information content (AvgIpc) is 2.76. The summed E-state index contributed by atoms with van der Waals surface area (Å²) in [5.74, 6) is -1.01. The Hall–Kier alpha value is -3.27. The molecule has 0 radical (unpaired) electrons. The highest BCUT2D eigenvalue weighted by Crippen LogP contribution is 2.34. The Bertz CT molecular complexity index is 971. The van der Waals surface area contributed by atoms with Gasteiger partial charge in [-0.3, -0.25) is 4.90 Å². The van der Waals surface area contributed by atoms with E-state index in [1.807, 2.05) is 13.8 Å². The number of rotatable bonds is 5. The Labute approximate surface area is 189 Å². The second-order valence-electron chi connectivity index (χ2n) is 7.74.